The minimum atomic E-state index is -3.99. The summed E-state index contributed by atoms with van der Waals surface area (Å²) in [5.74, 6) is -0.126. The van der Waals surface area contributed by atoms with E-state index in [2.05, 4.69) is 9.71 Å². The quantitative estimate of drug-likeness (QED) is 0.525. The molecule has 1 aromatic heterocycles. The average molecular weight is 502 g/mol. The number of methoxy groups -OCH3 is 1. The maximum Gasteiger partial charge on any atom is 0.294 e. The SMILES string of the molecule is COc1ccc(NC(=O)C[C@H]2SC(=NS(=O)(=O)c3cccs3)N(c3ccccc3)C2=O)cc1. The van der Waals surface area contributed by atoms with E-state index >= 15 is 0 Å². The number of carbonyl (C=O) groups excluding carboxylic acids is 2. The standard InChI is InChI=1S/C22H19N3O5S3/c1-30-17-11-9-15(10-12-17)23-19(26)14-18-21(27)25(16-6-3-2-4-7-16)22(32-18)24-33(28,29)20-8-5-13-31-20/h2-13,18H,14H2,1H3,(H,23,26)/t18-/m1/s1. The number of anilines is 2. The van der Waals surface area contributed by atoms with Crippen molar-refractivity contribution in [1.29, 1.82) is 0 Å². The van der Waals surface area contributed by atoms with Crippen molar-refractivity contribution in [3.63, 3.8) is 0 Å². The van der Waals surface area contributed by atoms with Crippen LogP contribution in [0.5, 0.6) is 5.75 Å². The predicted octanol–water partition coefficient (Wildman–Crippen LogP) is 3.98. The number of nitrogens with one attached hydrogen (secondary N) is 1. The van der Waals surface area contributed by atoms with Gasteiger partial charge in [0.25, 0.3) is 10.0 Å². The molecule has 2 aromatic carbocycles. The topological polar surface area (TPSA) is 105 Å². The third-order valence-electron chi connectivity index (χ3n) is 4.64. The number of hydrogen-bond acceptors (Lipinski definition) is 7. The van der Waals surface area contributed by atoms with E-state index in [1.54, 1.807) is 73.2 Å². The number of thiophene rings is 1. The maximum absolute atomic E-state index is 13.2. The molecule has 1 N–H and O–H groups in total. The molecule has 0 radical (unpaired) electrons. The molecule has 0 aliphatic carbocycles. The van der Waals surface area contributed by atoms with Gasteiger partial charge in [0.1, 0.15) is 15.2 Å². The van der Waals surface area contributed by atoms with Crippen molar-refractivity contribution in [1.82, 2.24) is 0 Å². The molecular formula is C22H19N3O5S3. The molecule has 0 spiro atoms. The highest BCUT2D eigenvalue weighted by Gasteiger charge is 2.41. The molecule has 4 rings (SSSR count). The van der Waals surface area contributed by atoms with Crippen molar-refractivity contribution >= 4 is 61.5 Å². The Balaban J connectivity index is 1.57. The second-order valence-electron chi connectivity index (χ2n) is 6.88. The van der Waals surface area contributed by atoms with Crippen molar-refractivity contribution in [3.05, 3.63) is 72.1 Å². The van der Waals surface area contributed by atoms with Gasteiger partial charge in [-0.3, -0.25) is 14.5 Å². The molecular weight excluding hydrogens is 482 g/mol. The number of hydrogen-bond donors (Lipinski definition) is 1. The normalized spacial score (nSPS) is 17.4. The fourth-order valence-electron chi connectivity index (χ4n) is 3.09. The van der Waals surface area contributed by atoms with Crippen molar-refractivity contribution in [2.75, 3.05) is 17.3 Å². The van der Waals surface area contributed by atoms with Gasteiger partial charge in [0.2, 0.25) is 11.8 Å². The third kappa shape index (κ3) is 5.27. The summed E-state index contributed by atoms with van der Waals surface area (Å²) in [5, 5.41) is 3.58. The van der Waals surface area contributed by atoms with E-state index < -0.39 is 21.2 Å². The summed E-state index contributed by atoms with van der Waals surface area (Å²) in [7, 11) is -2.44. The van der Waals surface area contributed by atoms with E-state index in [-0.39, 0.29) is 21.7 Å². The van der Waals surface area contributed by atoms with Gasteiger partial charge in [0.15, 0.2) is 5.17 Å². The van der Waals surface area contributed by atoms with Crippen LogP contribution in [0.3, 0.4) is 0 Å². The largest absolute Gasteiger partial charge is 0.497 e. The summed E-state index contributed by atoms with van der Waals surface area (Å²) in [5.41, 5.74) is 1.04. The third-order valence-corrected chi connectivity index (χ3v) is 8.53. The molecule has 0 unspecified atom stereocenters. The number of carbonyl (C=O) groups is 2. The van der Waals surface area contributed by atoms with Crippen molar-refractivity contribution in [3.8, 4) is 5.75 Å². The highest BCUT2D eigenvalue weighted by atomic mass is 32.2. The zero-order chi connectivity index (χ0) is 23.4. The molecule has 2 heterocycles. The summed E-state index contributed by atoms with van der Waals surface area (Å²) >= 11 is 2.01. The fourth-order valence-corrected chi connectivity index (χ4v) is 6.39. The lowest BCUT2D eigenvalue weighted by Crippen LogP contribution is -2.33. The number of amides is 2. The highest BCUT2D eigenvalue weighted by Crippen LogP contribution is 2.35. The Morgan fingerprint density at radius 1 is 1.09 bits per heavy atom. The smallest absolute Gasteiger partial charge is 0.294 e. The van der Waals surface area contributed by atoms with E-state index in [0.717, 1.165) is 23.1 Å². The van der Waals surface area contributed by atoms with Crippen LogP contribution in [0, 0.1) is 0 Å². The molecule has 11 heteroatoms. The summed E-state index contributed by atoms with van der Waals surface area (Å²) in [6, 6.07) is 18.5. The zero-order valence-electron chi connectivity index (χ0n) is 17.4. The van der Waals surface area contributed by atoms with E-state index in [9.17, 15) is 18.0 Å². The van der Waals surface area contributed by atoms with Gasteiger partial charge in [-0.15, -0.1) is 15.7 Å². The number of amidine groups is 1. The number of nitrogens with zero attached hydrogens (tertiary/aromatic N) is 2. The van der Waals surface area contributed by atoms with Crippen LogP contribution in [0.1, 0.15) is 6.42 Å². The maximum atomic E-state index is 13.2. The Labute approximate surface area is 199 Å². The lowest BCUT2D eigenvalue weighted by molar-refractivity contribution is -0.121. The molecule has 8 nitrogen and oxygen atoms in total. The van der Waals surface area contributed by atoms with Crippen LogP contribution < -0.4 is 15.0 Å². The molecule has 1 fully saturated rings. The molecule has 0 bridgehead atoms. The lowest BCUT2D eigenvalue weighted by atomic mass is 10.2. The van der Waals surface area contributed by atoms with Crippen molar-refractivity contribution in [2.24, 2.45) is 4.40 Å². The van der Waals surface area contributed by atoms with Crippen LogP contribution >= 0.6 is 23.1 Å². The van der Waals surface area contributed by atoms with Gasteiger partial charge in [-0.25, -0.2) is 0 Å². The first kappa shape index (κ1) is 23.0. The number of ether oxygens (including phenoxy) is 1. The van der Waals surface area contributed by atoms with Gasteiger partial charge in [0, 0.05) is 12.1 Å². The van der Waals surface area contributed by atoms with Crippen molar-refractivity contribution < 1.29 is 22.7 Å². The highest BCUT2D eigenvalue weighted by molar-refractivity contribution is 8.16. The minimum Gasteiger partial charge on any atom is -0.497 e. The summed E-state index contributed by atoms with van der Waals surface area (Å²) < 4.78 is 34.6. The minimum absolute atomic E-state index is 0.0156. The lowest BCUT2D eigenvalue weighted by Gasteiger charge is -2.16. The first-order valence-corrected chi connectivity index (χ1v) is 13.0. The van der Waals surface area contributed by atoms with Gasteiger partial charge < -0.3 is 10.1 Å². The van der Waals surface area contributed by atoms with E-state index in [1.165, 1.54) is 11.0 Å². The van der Waals surface area contributed by atoms with E-state index in [0.29, 0.717) is 17.1 Å². The number of rotatable bonds is 7. The Morgan fingerprint density at radius 3 is 2.45 bits per heavy atom. The van der Waals surface area contributed by atoms with Gasteiger partial charge in [-0.1, -0.05) is 36.0 Å². The van der Waals surface area contributed by atoms with E-state index in [4.69, 9.17) is 4.74 Å². The predicted molar refractivity (Wildman–Crippen MR) is 130 cm³/mol. The molecule has 1 saturated heterocycles. The van der Waals surface area contributed by atoms with Crippen LogP contribution in [0.4, 0.5) is 11.4 Å². The molecule has 0 saturated carbocycles. The summed E-state index contributed by atoms with van der Waals surface area (Å²) in [4.78, 5) is 27.1. The number of thioether (sulfide) groups is 1. The Kier molecular flexibility index (Phi) is 6.82. The first-order chi connectivity index (χ1) is 15.9. The summed E-state index contributed by atoms with van der Waals surface area (Å²) in [6.07, 6.45) is -0.142. The van der Waals surface area contributed by atoms with Gasteiger partial charge in [-0.2, -0.15) is 8.42 Å². The van der Waals surface area contributed by atoms with Crippen LogP contribution in [0.15, 0.2) is 80.7 Å². The molecule has 33 heavy (non-hydrogen) atoms. The molecule has 170 valence electrons. The molecule has 1 atom stereocenters. The molecule has 2 amide bonds. The molecule has 3 aromatic rings. The summed E-state index contributed by atoms with van der Waals surface area (Å²) in [6.45, 7) is 0. The second-order valence-corrected chi connectivity index (χ2v) is 10.8. The van der Waals surface area contributed by atoms with Gasteiger partial charge in [-0.05, 0) is 47.8 Å². The van der Waals surface area contributed by atoms with Gasteiger partial charge in [0.05, 0.1) is 12.8 Å². The van der Waals surface area contributed by atoms with E-state index in [1.807, 2.05) is 0 Å². The fraction of sp³-hybridized carbons (Fsp3) is 0.136. The Morgan fingerprint density at radius 2 is 1.82 bits per heavy atom. The monoisotopic (exact) mass is 501 g/mol. The van der Waals surface area contributed by atoms with Crippen LogP contribution in [0.25, 0.3) is 0 Å². The van der Waals surface area contributed by atoms with Gasteiger partial charge >= 0.3 is 0 Å². The van der Waals surface area contributed by atoms with Crippen LogP contribution in [-0.2, 0) is 19.6 Å². The average Bonchev–Trinajstić information content (AvgIpc) is 3.44. The first-order valence-electron chi connectivity index (χ1n) is 9.75. The number of sulfonamides is 1. The number of benzene rings is 2. The van der Waals surface area contributed by atoms with Crippen LogP contribution in [0.2, 0.25) is 0 Å². The Bertz CT molecular complexity index is 1270. The Hall–Kier alpha value is -3.15. The molecule has 1 aliphatic rings. The van der Waals surface area contributed by atoms with Crippen molar-refractivity contribution in [2.45, 2.75) is 15.9 Å². The van der Waals surface area contributed by atoms with Crippen LogP contribution in [-0.4, -0.2) is 37.8 Å². The second kappa shape index (κ2) is 9.77. The molecule has 1 aliphatic heterocycles. The number of para-hydroxylation sites is 1. The zero-order valence-corrected chi connectivity index (χ0v) is 19.8.